The summed E-state index contributed by atoms with van der Waals surface area (Å²) in [4.78, 5) is 101. The number of carbonyl (C=O) groups is 7. The predicted molar refractivity (Wildman–Crippen MR) is 446 cm³/mol. The molecule has 0 spiro atoms. The van der Waals surface area contributed by atoms with Crippen molar-refractivity contribution in [2.45, 2.75) is 72.0 Å². The van der Waals surface area contributed by atoms with Crippen molar-refractivity contribution in [2.75, 3.05) is 129 Å². The number of hydrogen-bond acceptors (Lipinski definition) is 29. The number of non-ortho nitro benzene ring substituents is 1. The lowest BCUT2D eigenvalue weighted by atomic mass is 10.2. The molecule has 4 heterocycles. The summed E-state index contributed by atoms with van der Waals surface area (Å²) in [6.07, 6.45) is -6.67. The van der Waals surface area contributed by atoms with E-state index in [0.717, 1.165) is 51.9 Å². The van der Waals surface area contributed by atoms with E-state index in [2.05, 4.69) is 39.0 Å². The van der Waals surface area contributed by atoms with Crippen molar-refractivity contribution >= 4 is 119 Å². The number of morpholine rings is 3. The molecule has 4 saturated heterocycles. The van der Waals surface area contributed by atoms with Gasteiger partial charge in [-0.15, -0.1) is 0 Å². The minimum Gasteiger partial charge on any atom is -0.479 e. The fourth-order valence-corrected chi connectivity index (χ4v) is 13.9. The first-order valence-corrected chi connectivity index (χ1v) is 42.5. The number of thiol groups is 1. The van der Waals surface area contributed by atoms with Gasteiger partial charge in [0.1, 0.15) is 24.6 Å². The molecule has 28 nitrogen and oxygen atoms in total. The molecular weight excluding hydrogens is 1610 g/mol. The fraction of sp³-hybridized carbons (Fsp3) is 0.395. The van der Waals surface area contributed by atoms with Gasteiger partial charge in [-0.25, -0.2) is 24.1 Å². The molecule has 0 aromatic heterocycles. The van der Waals surface area contributed by atoms with Gasteiger partial charge in [0.2, 0.25) is 0 Å². The summed E-state index contributed by atoms with van der Waals surface area (Å²) in [5.41, 5.74) is 6.75. The topological polar surface area (TPSA) is 369 Å². The quantitative estimate of drug-likeness (QED) is 0.00218. The van der Waals surface area contributed by atoms with Gasteiger partial charge in [0.15, 0.2) is 24.4 Å². The predicted octanol–water partition coefficient (Wildman–Crippen LogP) is 9.91. The van der Waals surface area contributed by atoms with Gasteiger partial charge in [0.05, 0.1) is 71.1 Å². The van der Waals surface area contributed by atoms with E-state index < -0.39 is 59.4 Å². The van der Waals surface area contributed by atoms with Gasteiger partial charge in [-0.2, -0.15) is 64.0 Å². The maximum Gasteiger partial charge on any atom is 0.514 e. The molecular formula is C81H100N4O24S6. The van der Waals surface area contributed by atoms with E-state index in [9.17, 15) is 59.0 Å². The van der Waals surface area contributed by atoms with Crippen molar-refractivity contribution in [3.8, 4) is 5.75 Å². The smallest absolute Gasteiger partial charge is 0.479 e. The fourth-order valence-electron chi connectivity index (χ4n) is 9.56. The minimum atomic E-state index is -1.26. The van der Waals surface area contributed by atoms with Gasteiger partial charge >= 0.3 is 24.1 Å². The summed E-state index contributed by atoms with van der Waals surface area (Å²) in [5.74, 6) is 2.66. The van der Waals surface area contributed by atoms with E-state index in [-0.39, 0.29) is 53.4 Å². The maximum atomic E-state index is 12.8. The van der Waals surface area contributed by atoms with Crippen molar-refractivity contribution < 1.29 is 111 Å². The third-order valence-electron chi connectivity index (χ3n) is 15.8. The number of nitro groups is 1. The largest absolute Gasteiger partial charge is 0.514 e. The van der Waals surface area contributed by atoms with Crippen LogP contribution >= 0.6 is 71.7 Å². The Morgan fingerprint density at radius 2 is 0.826 bits per heavy atom. The molecule has 4 fully saturated rings. The molecule has 0 bridgehead atoms. The van der Waals surface area contributed by atoms with Crippen LogP contribution in [0, 0.1) is 10.1 Å². The van der Waals surface area contributed by atoms with Crippen LogP contribution in [0.5, 0.6) is 5.75 Å². The molecule has 0 aliphatic carbocycles. The van der Waals surface area contributed by atoms with Crippen LogP contribution in [0.2, 0.25) is 0 Å². The SMILES string of the molecule is COC(=O)[C@@H](O)CSCc1ccccc1.COC(=O)[C@@H]1CO1.O=C(O)[C@@H](O)CSCc1ccccc1.O=C(Oc1ccc([N+](=O)[O-])cc1)O[C@@H](CSOOCc1ccccc1)C(=O)N1CCOCC1.O=C([C@@H](O)CSCc1ccccc1)N1CCOCC1.O=C([C@@H](O)CSCc1ccccc1)N1CCOCC1.SCc1ccccc1. The Morgan fingerprint density at radius 1 is 0.478 bits per heavy atom. The van der Waals surface area contributed by atoms with Crippen molar-refractivity contribution in [1.82, 2.24) is 14.7 Å². The van der Waals surface area contributed by atoms with Crippen molar-refractivity contribution in [3.63, 3.8) is 0 Å². The van der Waals surface area contributed by atoms with Crippen LogP contribution in [0.3, 0.4) is 0 Å². The number of methoxy groups -OCH3 is 2. The van der Waals surface area contributed by atoms with E-state index >= 15 is 0 Å². The first-order valence-electron chi connectivity index (χ1n) is 36.3. The van der Waals surface area contributed by atoms with Crippen molar-refractivity contribution in [1.29, 1.82) is 0 Å². The van der Waals surface area contributed by atoms with E-state index in [4.69, 9.17) is 43.1 Å². The number of ether oxygens (including phenoxy) is 8. The van der Waals surface area contributed by atoms with E-state index in [1.807, 2.05) is 170 Å². The second-order valence-electron chi connectivity index (χ2n) is 24.5. The molecule has 0 radical (unpaired) electrons. The zero-order chi connectivity index (χ0) is 83.1. The van der Waals surface area contributed by atoms with Crippen LogP contribution < -0.4 is 4.74 Å². The van der Waals surface area contributed by atoms with Gasteiger partial charge in [-0.3, -0.25) is 24.5 Å². The zero-order valence-electron chi connectivity index (χ0n) is 63.8. The average Bonchev–Trinajstić information content (AvgIpc) is 1.20. The standard InChI is InChI=1S/C21H22N2O9S.2C14H19NO3S.C11H14O3S.C10H12O3S.C7H8S.C4H6O3/c24-20(22-10-12-28-13-11-22)19(15-33-32-29-14-16-4-2-1-3-5-16)31-21(25)30-18-8-6-17(7-9-18)23(26)27;2*16-13(14(17)15-6-8-18-9-7-15)11-19-10-12-4-2-1-3-5-12;1-14-11(13)10(12)8-15-7-9-5-3-2-4-6-9;11-9(10(12)13)7-14-6-8-4-2-1-3-5-8;8-6-7-4-2-1-3-5-7;1-6-4(5)3-2-7-3/h1-9,19H,10-15H2;2*1-5,13,16H,6-11H2;2-6,10,12H,7-8H2,1H3;1-5,9,11H,6-7H2,(H,12,13);1-5,8H,6H2;3H,2H2,1H3/t19-;2*13-;10-;9-;;3-/m00000.0/s1. The lowest BCUT2D eigenvalue weighted by molar-refractivity contribution is -0.384. The molecule has 0 unspecified atom stereocenters. The number of aliphatic carboxylic acids is 1. The summed E-state index contributed by atoms with van der Waals surface area (Å²) in [6.45, 7) is 6.84. The summed E-state index contributed by atoms with van der Waals surface area (Å²) < 4.78 is 44.3. The number of epoxide rings is 1. The summed E-state index contributed by atoms with van der Waals surface area (Å²) in [7, 11) is 2.62. The number of thioether (sulfide) groups is 4. The monoisotopic (exact) mass is 1700 g/mol. The Balaban J connectivity index is 0.000000252. The Morgan fingerprint density at radius 3 is 1.15 bits per heavy atom. The molecule has 7 aromatic carbocycles. The number of nitrogens with zero attached hydrogens (tertiary/aromatic N) is 4. The van der Waals surface area contributed by atoms with Gasteiger partial charge < -0.3 is 78.1 Å². The van der Waals surface area contributed by atoms with Crippen LogP contribution in [-0.2, 0) is 107 Å². The molecule has 6 atom stereocenters. The van der Waals surface area contributed by atoms with Crippen LogP contribution in [0.1, 0.15) is 33.4 Å². The normalized spacial score (nSPS) is 15.2. The van der Waals surface area contributed by atoms with E-state index in [1.54, 1.807) is 33.3 Å². The van der Waals surface area contributed by atoms with Crippen LogP contribution in [0.4, 0.5) is 10.5 Å². The van der Waals surface area contributed by atoms with E-state index in [1.165, 1.54) is 89.2 Å². The third-order valence-corrected chi connectivity index (χ3v) is 21.2. The number of nitro benzene ring substituents is 1. The Kier molecular flexibility index (Phi) is 50.3. The summed E-state index contributed by atoms with van der Waals surface area (Å²) >= 11 is 11.0. The summed E-state index contributed by atoms with van der Waals surface area (Å²) in [5, 5.41) is 57.2. The highest BCUT2D eigenvalue weighted by atomic mass is 32.2. The minimum absolute atomic E-state index is 0.0401. The number of rotatable bonds is 32. The second-order valence-corrected chi connectivity index (χ2v) is 29.7. The maximum absolute atomic E-state index is 12.8. The molecule has 0 saturated carbocycles. The molecule has 115 heavy (non-hydrogen) atoms. The van der Waals surface area contributed by atoms with Gasteiger partial charge in [-0.05, 0) is 45.5 Å². The average molecular weight is 1710 g/mol. The zero-order valence-corrected chi connectivity index (χ0v) is 68.8. The lowest BCUT2D eigenvalue weighted by Crippen LogP contribution is -2.48. The highest BCUT2D eigenvalue weighted by Gasteiger charge is 2.33. The molecule has 11 rings (SSSR count). The van der Waals surface area contributed by atoms with Crippen molar-refractivity contribution in [2.24, 2.45) is 0 Å². The van der Waals surface area contributed by atoms with Crippen molar-refractivity contribution in [3.05, 3.63) is 250 Å². The highest BCUT2D eigenvalue weighted by molar-refractivity contribution is 7.99. The number of carboxylic acid groups (broad SMARTS) is 1. The number of carboxylic acids is 1. The number of aliphatic hydroxyl groups is 4. The number of esters is 2. The molecule has 7 aromatic rings. The summed E-state index contributed by atoms with van der Waals surface area (Å²) in [6, 6.07) is 64.2. The Labute approximate surface area is 696 Å². The first-order chi connectivity index (χ1) is 55.8. The number of aliphatic hydroxyl groups excluding tert-OH is 4. The lowest BCUT2D eigenvalue weighted by Gasteiger charge is -2.29. The molecule has 34 heteroatoms. The number of benzene rings is 7. The molecule has 5 N–H and O–H groups in total. The van der Waals surface area contributed by atoms with Gasteiger partial charge in [0, 0.05) is 115 Å². The first kappa shape index (κ1) is 97.3. The van der Waals surface area contributed by atoms with Crippen LogP contribution in [-0.4, -0.2) is 252 Å². The molecule has 4 aliphatic rings. The van der Waals surface area contributed by atoms with Crippen LogP contribution in [0.25, 0.3) is 0 Å². The number of hydrogen-bond donors (Lipinski definition) is 6. The van der Waals surface area contributed by atoms with Gasteiger partial charge in [0.25, 0.3) is 23.4 Å². The Hall–Kier alpha value is -8.27. The third kappa shape index (κ3) is 43.0. The number of amides is 3. The van der Waals surface area contributed by atoms with E-state index in [0.29, 0.717) is 103 Å². The molecule has 3 amide bonds. The number of carbonyl (C=O) groups excluding carboxylic acids is 6. The Bertz CT molecular complexity index is 3750. The molecule has 4 aliphatic heterocycles. The van der Waals surface area contributed by atoms with Gasteiger partial charge in [-0.1, -0.05) is 182 Å². The second kappa shape index (κ2) is 59.4. The molecule has 624 valence electrons. The van der Waals surface area contributed by atoms with Crippen LogP contribution in [0.15, 0.2) is 206 Å². The highest BCUT2D eigenvalue weighted by Crippen LogP contribution is 2.22.